The lowest BCUT2D eigenvalue weighted by molar-refractivity contribution is -0.150. The van der Waals surface area contributed by atoms with Crippen molar-refractivity contribution in [2.45, 2.75) is 26.3 Å². The van der Waals surface area contributed by atoms with Crippen LogP contribution in [0.3, 0.4) is 0 Å². The van der Waals surface area contributed by atoms with E-state index in [2.05, 4.69) is 10.6 Å². The summed E-state index contributed by atoms with van der Waals surface area (Å²) in [5, 5.41) is 6.51. The van der Waals surface area contributed by atoms with Crippen molar-refractivity contribution in [2.75, 3.05) is 13.2 Å². The first-order chi connectivity index (χ1) is 12.2. The second-order valence-corrected chi connectivity index (χ2v) is 6.68. The maximum atomic E-state index is 11.7. The summed E-state index contributed by atoms with van der Waals surface area (Å²) in [6, 6.07) is 12.5. The molecule has 2 rings (SSSR count). The van der Waals surface area contributed by atoms with Gasteiger partial charge in [0.15, 0.2) is 13.2 Å². The number of carbonyl (C=O) groups is 3. The zero-order chi connectivity index (χ0) is 19.2. The lowest BCUT2D eigenvalue weighted by Crippen LogP contribution is -2.49. The highest BCUT2D eigenvalue weighted by Crippen LogP contribution is 2.24. The fourth-order valence-corrected chi connectivity index (χ4v) is 2.18. The van der Waals surface area contributed by atoms with E-state index in [4.69, 9.17) is 9.47 Å². The maximum Gasteiger partial charge on any atom is 0.344 e. The van der Waals surface area contributed by atoms with Crippen LogP contribution in [0, 0.1) is 0 Å². The number of carbonyl (C=O) groups excluding carboxylic acids is 3. The highest BCUT2D eigenvalue weighted by Gasteiger charge is 2.16. The van der Waals surface area contributed by atoms with Gasteiger partial charge in [-0.05, 0) is 32.2 Å². The van der Waals surface area contributed by atoms with Crippen LogP contribution >= 0.6 is 0 Å². The Labute approximate surface area is 151 Å². The number of hydrogen-bond acceptors (Lipinski definition) is 5. The molecular formula is C19H22N2O5. The third-order valence-electron chi connectivity index (χ3n) is 3.20. The topological polar surface area (TPSA) is 93.7 Å². The molecular weight excluding hydrogens is 336 g/mol. The molecule has 3 amide bonds. The first-order valence-corrected chi connectivity index (χ1v) is 8.13. The Morgan fingerprint density at radius 3 is 2.38 bits per heavy atom. The number of amides is 3. The SMILES string of the molecule is CC(C)(C)NC(=O)NC(=O)COC(=O)COc1cccc2ccccc12. The van der Waals surface area contributed by atoms with Crippen LogP contribution in [0.2, 0.25) is 0 Å². The van der Waals surface area contributed by atoms with Gasteiger partial charge in [0.2, 0.25) is 0 Å². The molecule has 0 saturated carbocycles. The number of esters is 1. The van der Waals surface area contributed by atoms with E-state index in [1.807, 2.05) is 36.4 Å². The minimum absolute atomic E-state index is 0.338. The standard InChI is InChI=1S/C19H22N2O5/c1-19(2,3)21-18(24)20-16(22)11-26-17(23)12-25-15-10-6-8-13-7-4-5-9-14(13)15/h4-10H,11-12H2,1-3H3,(H2,20,21,22,24). The molecule has 2 aromatic rings. The van der Waals surface area contributed by atoms with Crippen LogP contribution in [0.5, 0.6) is 5.75 Å². The van der Waals surface area contributed by atoms with Gasteiger partial charge in [0, 0.05) is 10.9 Å². The molecule has 0 radical (unpaired) electrons. The Kier molecular flexibility index (Phi) is 6.16. The van der Waals surface area contributed by atoms with Crippen molar-refractivity contribution in [2.24, 2.45) is 0 Å². The predicted molar refractivity (Wildman–Crippen MR) is 96.8 cm³/mol. The summed E-state index contributed by atoms with van der Waals surface area (Å²) in [7, 11) is 0. The van der Waals surface area contributed by atoms with Crippen LogP contribution < -0.4 is 15.4 Å². The fourth-order valence-electron chi connectivity index (χ4n) is 2.18. The summed E-state index contributed by atoms with van der Waals surface area (Å²) in [5.41, 5.74) is -0.479. The van der Waals surface area contributed by atoms with Crippen LogP contribution in [-0.2, 0) is 14.3 Å². The zero-order valence-corrected chi connectivity index (χ0v) is 15.0. The first-order valence-electron chi connectivity index (χ1n) is 8.13. The van der Waals surface area contributed by atoms with Gasteiger partial charge in [0.1, 0.15) is 5.75 Å². The normalized spacial score (nSPS) is 10.9. The van der Waals surface area contributed by atoms with Crippen molar-refractivity contribution < 1.29 is 23.9 Å². The lowest BCUT2D eigenvalue weighted by atomic mass is 10.1. The van der Waals surface area contributed by atoms with Gasteiger partial charge in [-0.25, -0.2) is 9.59 Å². The molecule has 138 valence electrons. The first kappa shape index (κ1) is 19.2. The van der Waals surface area contributed by atoms with Crippen molar-refractivity contribution in [1.29, 1.82) is 0 Å². The van der Waals surface area contributed by atoms with Crippen LogP contribution in [0.25, 0.3) is 10.8 Å². The molecule has 0 atom stereocenters. The Bertz CT molecular complexity index is 806. The van der Waals surface area contributed by atoms with Crippen molar-refractivity contribution >= 4 is 28.7 Å². The number of benzene rings is 2. The molecule has 0 spiro atoms. The summed E-state index contributed by atoms with van der Waals surface area (Å²) >= 11 is 0. The van der Waals surface area contributed by atoms with Gasteiger partial charge in [0.05, 0.1) is 0 Å². The number of hydrogen-bond donors (Lipinski definition) is 2. The van der Waals surface area contributed by atoms with E-state index in [9.17, 15) is 14.4 Å². The molecule has 7 nitrogen and oxygen atoms in total. The number of imide groups is 1. The van der Waals surface area contributed by atoms with Gasteiger partial charge in [-0.1, -0.05) is 36.4 Å². The van der Waals surface area contributed by atoms with Gasteiger partial charge in [0.25, 0.3) is 5.91 Å². The highest BCUT2D eigenvalue weighted by molar-refractivity contribution is 5.95. The minimum Gasteiger partial charge on any atom is -0.481 e. The quantitative estimate of drug-likeness (QED) is 0.801. The molecule has 0 aliphatic rings. The predicted octanol–water partition coefficient (Wildman–Crippen LogP) is 2.39. The Hall–Kier alpha value is -3.09. The van der Waals surface area contributed by atoms with E-state index in [1.165, 1.54) is 0 Å². The average Bonchev–Trinajstić information content (AvgIpc) is 2.56. The number of nitrogens with one attached hydrogen (secondary N) is 2. The third-order valence-corrected chi connectivity index (χ3v) is 3.20. The summed E-state index contributed by atoms with van der Waals surface area (Å²) in [6.07, 6.45) is 0. The molecule has 0 fully saturated rings. The van der Waals surface area contributed by atoms with Crippen molar-refractivity contribution in [3.05, 3.63) is 42.5 Å². The van der Waals surface area contributed by atoms with Gasteiger partial charge < -0.3 is 14.8 Å². The minimum atomic E-state index is -0.717. The van der Waals surface area contributed by atoms with Crippen molar-refractivity contribution in [3.63, 3.8) is 0 Å². The Balaban J connectivity index is 1.78. The Morgan fingerprint density at radius 2 is 1.65 bits per heavy atom. The lowest BCUT2D eigenvalue weighted by Gasteiger charge is -2.20. The molecule has 0 unspecified atom stereocenters. The molecule has 0 aliphatic carbocycles. The number of urea groups is 1. The van der Waals surface area contributed by atoms with E-state index in [1.54, 1.807) is 26.8 Å². The van der Waals surface area contributed by atoms with E-state index in [0.29, 0.717) is 5.75 Å². The highest BCUT2D eigenvalue weighted by atomic mass is 16.6. The molecule has 0 heterocycles. The molecule has 2 N–H and O–H groups in total. The summed E-state index contributed by atoms with van der Waals surface area (Å²) in [6.45, 7) is 4.44. The smallest absolute Gasteiger partial charge is 0.344 e. The monoisotopic (exact) mass is 358 g/mol. The molecule has 0 bridgehead atoms. The molecule has 26 heavy (non-hydrogen) atoms. The van der Waals surface area contributed by atoms with Crippen LogP contribution in [-0.4, -0.2) is 36.7 Å². The maximum absolute atomic E-state index is 11.7. The second kappa shape index (κ2) is 8.33. The van der Waals surface area contributed by atoms with Gasteiger partial charge in [-0.2, -0.15) is 0 Å². The molecule has 0 saturated heterocycles. The zero-order valence-electron chi connectivity index (χ0n) is 15.0. The summed E-state index contributed by atoms with van der Waals surface area (Å²) in [5.74, 6) is -0.872. The van der Waals surface area contributed by atoms with Crippen molar-refractivity contribution in [3.8, 4) is 5.75 Å². The van der Waals surface area contributed by atoms with Gasteiger partial charge >= 0.3 is 12.0 Å². The summed E-state index contributed by atoms with van der Waals surface area (Å²) in [4.78, 5) is 34.9. The van der Waals surface area contributed by atoms with Crippen molar-refractivity contribution in [1.82, 2.24) is 10.6 Å². The van der Waals surface area contributed by atoms with E-state index in [0.717, 1.165) is 10.8 Å². The third kappa shape index (κ3) is 6.08. The number of ether oxygens (including phenoxy) is 2. The Morgan fingerprint density at radius 1 is 0.962 bits per heavy atom. The molecule has 0 aromatic heterocycles. The largest absolute Gasteiger partial charge is 0.481 e. The molecule has 2 aromatic carbocycles. The number of rotatable bonds is 5. The fraction of sp³-hybridized carbons (Fsp3) is 0.316. The molecule has 0 aliphatic heterocycles. The van der Waals surface area contributed by atoms with Crippen LogP contribution in [0.15, 0.2) is 42.5 Å². The second-order valence-electron chi connectivity index (χ2n) is 6.68. The van der Waals surface area contributed by atoms with Gasteiger partial charge in [-0.3, -0.25) is 10.1 Å². The van der Waals surface area contributed by atoms with E-state index < -0.39 is 30.1 Å². The summed E-state index contributed by atoms with van der Waals surface area (Å²) < 4.78 is 10.3. The number of fused-ring (bicyclic) bond motifs is 1. The van der Waals surface area contributed by atoms with E-state index in [-0.39, 0.29) is 6.61 Å². The molecule has 7 heteroatoms. The average molecular weight is 358 g/mol. The van der Waals surface area contributed by atoms with E-state index >= 15 is 0 Å². The van der Waals surface area contributed by atoms with Gasteiger partial charge in [-0.15, -0.1) is 0 Å². The van der Waals surface area contributed by atoms with Crippen LogP contribution in [0.4, 0.5) is 4.79 Å². The van der Waals surface area contributed by atoms with Crippen LogP contribution in [0.1, 0.15) is 20.8 Å².